The van der Waals surface area contributed by atoms with E-state index in [1.807, 2.05) is 25.1 Å². The molecule has 7 heteroatoms. The molecule has 0 aromatic heterocycles. The van der Waals surface area contributed by atoms with Crippen molar-refractivity contribution in [3.05, 3.63) is 48.0 Å². The molecule has 3 rings (SSSR count). The molecule has 1 heterocycles. The number of hydroxylamine groups is 2. The molecule has 7 nitrogen and oxygen atoms in total. The van der Waals surface area contributed by atoms with Gasteiger partial charge in [-0.2, -0.15) is 0 Å². The SMILES string of the molecule is CON(C)C(=O)Nc1ccc(Oc2ccc3c(c2)OC(C)(OC)C(C)C3)cc1. The van der Waals surface area contributed by atoms with Crippen LogP contribution in [0.3, 0.4) is 0 Å². The van der Waals surface area contributed by atoms with Crippen molar-refractivity contribution >= 4 is 11.7 Å². The normalized spacial score (nSPS) is 20.7. The molecule has 0 saturated heterocycles. The van der Waals surface area contributed by atoms with Crippen LogP contribution in [-0.4, -0.2) is 38.1 Å². The third kappa shape index (κ3) is 4.21. The number of nitrogens with one attached hydrogen (secondary N) is 1. The number of nitrogens with zero attached hydrogens (tertiary/aromatic N) is 1. The quantitative estimate of drug-likeness (QED) is 0.770. The summed E-state index contributed by atoms with van der Waals surface area (Å²) in [4.78, 5) is 16.6. The smallest absolute Gasteiger partial charge is 0.345 e. The Morgan fingerprint density at radius 2 is 1.86 bits per heavy atom. The van der Waals surface area contributed by atoms with Gasteiger partial charge in [0.25, 0.3) is 0 Å². The van der Waals surface area contributed by atoms with Gasteiger partial charge in [-0.1, -0.05) is 13.0 Å². The molecule has 0 fully saturated rings. The van der Waals surface area contributed by atoms with E-state index in [1.165, 1.54) is 14.2 Å². The lowest BCUT2D eigenvalue weighted by molar-refractivity contribution is -0.190. The third-order valence-corrected chi connectivity index (χ3v) is 5.08. The largest absolute Gasteiger partial charge is 0.462 e. The number of fused-ring (bicyclic) bond motifs is 1. The van der Waals surface area contributed by atoms with Gasteiger partial charge in [-0.25, -0.2) is 9.86 Å². The fourth-order valence-electron chi connectivity index (χ4n) is 2.97. The van der Waals surface area contributed by atoms with Gasteiger partial charge in [0.2, 0.25) is 5.79 Å². The Bertz CT molecular complexity index is 839. The Kier molecular flexibility index (Phi) is 5.76. The van der Waals surface area contributed by atoms with Crippen molar-refractivity contribution in [3.63, 3.8) is 0 Å². The van der Waals surface area contributed by atoms with Crippen LogP contribution in [-0.2, 0) is 16.0 Å². The Hall–Kier alpha value is -2.77. The minimum Gasteiger partial charge on any atom is -0.462 e. The van der Waals surface area contributed by atoms with E-state index in [1.54, 1.807) is 31.4 Å². The molecule has 1 aliphatic heterocycles. The van der Waals surface area contributed by atoms with E-state index in [0.717, 1.165) is 22.8 Å². The van der Waals surface area contributed by atoms with Gasteiger partial charge in [-0.05, 0) is 42.3 Å². The molecule has 2 unspecified atom stereocenters. The molecule has 0 radical (unpaired) electrons. The number of amides is 2. The molecule has 150 valence electrons. The summed E-state index contributed by atoms with van der Waals surface area (Å²) in [6.45, 7) is 4.06. The van der Waals surface area contributed by atoms with E-state index in [-0.39, 0.29) is 11.9 Å². The van der Waals surface area contributed by atoms with Crippen LogP contribution in [0.5, 0.6) is 17.2 Å². The molecular weight excluding hydrogens is 360 g/mol. The van der Waals surface area contributed by atoms with Gasteiger partial charge in [0.05, 0.1) is 7.11 Å². The summed E-state index contributed by atoms with van der Waals surface area (Å²) in [7, 11) is 4.61. The summed E-state index contributed by atoms with van der Waals surface area (Å²) in [5.41, 5.74) is 1.77. The molecule has 2 amide bonds. The summed E-state index contributed by atoms with van der Waals surface area (Å²) >= 11 is 0. The van der Waals surface area contributed by atoms with Gasteiger partial charge in [-0.15, -0.1) is 0 Å². The Morgan fingerprint density at radius 1 is 1.18 bits per heavy atom. The average molecular weight is 386 g/mol. The number of methoxy groups -OCH3 is 1. The van der Waals surface area contributed by atoms with Crippen LogP contribution >= 0.6 is 0 Å². The second-order valence-electron chi connectivity index (χ2n) is 6.93. The molecule has 1 N–H and O–H groups in total. The molecule has 2 atom stereocenters. The van der Waals surface area contributed by atoms with Gasteiger partial charge >= 0.3 is 6.03 Å². The average Bonchev–Trinajstić information content (AvgIpc) is 2.69. The maximum absolute atomic E-state index is 11.8. The summed E-state index contributed by atoms with van der Waals surface area (Å²) in [5, 5.41) is 3.82. The first kappa shape index (κ1) is 20.0. The number of rotatable bonds is 5. The maximum Gasteiger partial charge on any atom is 0.345 e. The number of hydrogen-bond acceptors (Lipinski definition) is 5. The lowest BCUT2D eigenvalue weighted by Crippen LogP contribution is -2.45. The second kappa shape index (κ2) is 8.08. The van der Waals surface area contributed by atoms with Gasteiger partial charge < -0.3 is 19.5 Å². The minimum atomic E-state index is -0.652. The molecule has 0 bridgehead atoms. The predicted octanol–water partition coefficient (Wildman–Crippen LogP) is 4.44. The molecule has 0 spiro atoms. The maximum atomic E-state index is 11.8. The zero-order valence-corrected chi connectivity index (χ0v) is 16.8. The fourth-order valence-corrected chi connectivity index (χ4v) is 2.97. The van der Waals surface area contributed by atoms with Crippen LogP contribution in [0.15, 0.2) is 42.5 Å². The van der Waals surface area contributed by atoms with Crippen molar-refractivity contribution < 1.29 is 23.8 Å². The monoisotopic (exact) mass is 386 g/mol. The molecule has 2 aromatic rings. The van der Waals surface area contributed by atoms with Crippen LogP contribution in [0, 0.1) is 5.92 Å². The number of carbonyl (C=O) groups is 1. The second-order valence-corrected chi connectivity index (χ2v) is 6.93. The van der Waals surface area contributed by atoms with Crippen molar-refractivity contribution in [3.8, 4) is 17.2 Å². The summed E-state index contributed by atoms with van der Waals surface area (Å²) < 4.78 is 17.6. The Labute approximate surface area is 165 Å². The number of urea groups is 1. The van der Waals surface area contributed by atoms with Crippen molar-refractivity contribution in [2.75, 3.05) is 26.6 Å². The molecule has 28 heavy (non-hydrogen) atoms. The molecule has 0 aliphatic carbocycles. The number of hydrogen-bond donors (Lipinski definition) is 1. The molecule has 0 saturated carbocycles. The van der Waals surface area contributed by atoms with E-state index in [0.29, 0.717) is 17.2 Å². The van der Waals surface area contributed by atoms with Crippen LogP contribution < -0.4 is 14.8 Å². The lowest BCUT2D eigenvalue weighted by Gasteiger charge is -2.39. The Morgan fingerprint density at radius 3 is 2.50 bits per heavy atom. The third-order valence-electron chi connectivity index (χ3n) is 5.08. The first-order chi connectivity index (χ1) is 13.3. The molecule has 2 aromatic carbocycles. The first-order valence-corrected chi connectivity index (χ1v) is 9.08. The van der Waals surface area contributed by atoms with Gasteiger partial charge in [-0.3, -0.25) is 4.84 Å². The topological polar surface area (TPSA) is 69.3 Å². The van der Waals surface area contributed by atoms with Crippen molar-refractivity contribution in [2.24, 2.45) is 5.92 Å². The van der Waals surface area contributed by atoms with E-state index in [2.05, 4.69) is 12.2 Å². The highest BCUT2D eigenvalue weighted by Gasteiger charge is 2.38. The van der Waals surface area contributed by atoms with Crippen LogP contribution in [0.4, 0.5) is 10.5 Å². The zero-order valence-electron chi connectivity index (χ0n) is 16.8. The van der Waals surface area contributed by atoms with E-state index in [9.17, 15) is 4.79 Å². The summed E-state index contributed by atoms with van der Waals surface area (Å²) in [6, 6.07) is 12.5. The number of anilines is 1. The highest BCUT2D eigenvalue weighted by molar-refractivity contribution is 5.88. The standard InChI is InChI=1S/C21H26N2O5/c1-14-12-15-6-9-18(13-19(15)28-21(14,2)25-4)27-17-10-7-16(8-11-17)22-20(24)23(3)26-5/h6-11,13-14H,12H2,1-5H3,(H,22,24). The van der Waals surface area contributed by atoms with Crippen molar-refractivity contribution in [2.45, 2.75) is 26.1 Å². The van der Waals surface area contributed by atoms with Crippen molar-refractivity contribution in [1.82, 2.24) is 5.06 Å². The molecular formula is C21H26N2O5. The first-order valence-electron chi connectivity index (χ1n) is 9.08. The number of benzene rings is 2. The van der Waals surface area contributed by atoms with Crippen LogP contribution in [0.1, 0.15) is 19.4 Å². The summed E-state index contributed by atoms with van der Waals surface area (Å²) in [6.07, 6.45) is 0.879. The minimum absolute atomic E-state index is 0.247. The van der Waals surface area contributed by atoms with Crippen LogP contribution in [0.25, 0.3) is 0 Å². The Balaban J connectivity index is 1.69. The molecule has 1 aliphatic rings. The highest BCUT2D eigenvalue weighted by atomic mass is 16.7. The lowest BCUT2D eigenvalue weighted by atomic mass is 9.90. The van der Waals surface area contributed by atoms with E-state index >= 15 is 0 Å². The number of ether oxygens (including phenoxy) is 3. The highest BCUT2D eigenvalue weighted by Crippen LogP contribution is 2.39. The fraction of sp³-hybridized carbons (Fsp3) is 0.381. The predicted molar refractivity (Wildman–Crippen MR) is 106 cm³/mol. The zero-order chi connectivity index (χ0) is 20.3. The number of carbonyl (C=O) groups excluding carboxylic acids is 1. The van der Waals surface area contributed by atoms with Crippen molar-refractivity contribution in [1.29, 1.82) is 0 Å². The summed E-state index contributed by atoms with van der Waals surface area (Å²) in [5.74, 6) is 1.68. The van der Waals surface area contributed by atoms with E-state index in [4.69, 9.17) is 19.0 Å². The van der Waals surface area contributed by atoms with Gasteiger partial charge in [0, 0.05) is 38.8 Å². The van der Waals surface area contributed by atoms with Gasteiger partial charge in [0.1, 0.15) is 17.2 Å². The van der Waals surface area contributed by atoms with Crippen LogP contribution in [0.2, 0.25) is 0 Å². The van der Waals surface area contributed by atoms with Gasteiger partial charge in [0.15, 0.2) is 0 Å². The van der Waals surface area contributed by atoms with E-state index < -0.39 is 5.79 Å².